The lowest BCUT2D eigenvalue weighted by Gasteiger charge is -2.34. The smallest absolute Gasteiger partial charge is 0.428 e. The summed E-state index contributed by atoms with van der Waals surface area (Å²) in [5.41, 5.74) is -4.48. The second-order valence-electron chi connectivity index (χ2n) is 16.6. The number of fused-ring (bicyclic) bond motifs is 5. The minimum atomic E-state index is -4.91. The quantitative estimate of drug-likeness (QED) is 0.313. The number of rotatable bonds is 8. The lowest BCUT2D eigenvalue weighted by Crippen LogP contribution is -2.59. The SMILES string of the molecule is CCC(C)(OC(=O)NC1C(=O)N2CC(Oc3nccc4c5c(ccc34)OCCO5)CC2C(=O)NC2(C(=O)NS(=O)(=O)C3CC3)CC2C=CCCC(C)CC1C)C(F)(F)F. The van der Waals surface area contributed by atoms with Gasteiger partial charge < -0.3 is 34.5 Å². The number of halogens is 3. The highest BCUT2D eigenvalue weighted by Crippen LogP contribution is 2.47. The van der Waals surface area contributed by atoms with Crippen molar-refractivity contribution < 1.29 is 59.7 Å². The van der Waals surface area contributed by atoms with Crippen LogP contribution in [0.2, 0.25) is 0 Å². The van der Waals surface area contributed by atoms with Crippen LogP contribution < -0.4 is 29.6 Å². The first-order chi connectivity index (χ1) is 27.9. The van der Waals surface area contributed by atoms with Crippen LogP contribution >= 0.6 is 0 Å². The number of amides is 4. The summed E-state index contributed by atoms with van der Waals surface area (Å²) in [7, 11) is -3.99. The number of sulfonamides is 1. The number of carbonyl (C=O) groups excluding carboxylic acids is 4. The summed E-state index contributed by atoms with van der Waals surface area (Å²) >= 11 is 0. The number of alkyl halides is 3. The number of pyridine rings is 1. The minimum Gasteiger partial charge on any atom is -0.486 e. The van der Waals surface area contributed by atoms with E-state index in [1.165, 1.54) is 18.0 Å². The van der Waals surface area contributed by atoms with Crippen LogP contribution in [0.5, 0.6) is 17.4 Å². The van der Waals surface area contributed by atoms with E-state index in [1.54, 1.807) is 31.2 Å². The van der Waals surface area contributed by atoms with Crippen molar-refractivity contribution in [3.8, 4) is 17.4 Å². The molecule has 3 N–H and O–H groups in total. The van der Waals surface area contributed by atoms with E-state index in [9.17, 15) is 40.8 Å². The van der Waals surface area contributed by atoms with E-state index in [-0.39, 0.29) is 31.2 Å². The molecule has 7 rings (SSSR count). The molecule has 59 heavy (non-hydrogen) atoms. The monoisotopic (exact) mass is 849 g/mol. The van der Waals surface area contributed by atoms with Gasteiger partial charge in [0, 0.05) is 29.3 Å². The van der Waals surface area contributed by atoms with Crippen molar-refractivity contribution in [2.75, 3.05) is 19.8 Å². The highest BCUT2D eigenvalue weighted by molar-refractivity contribution is 7.91. The summed E-state index contributed by atoms with van der Waals surface area (Å²) in [6, 6.07) is 2.43. The van der Waals surface area contributed by atoms with Gasteiger partial charge in [-0.3, -0.25) is 19.1 Å². The molecular formula is C40H50F3N5O10S. The minimum absolute atomic E-state index is 0.0392. The van der Waals surface area contributed by atoms with E-state index in [2.05, 4.69) is 20.3 Å². The van der Waals surface area contributed by atoms with Crippen LogP contribution in [0.4, 0.5) is 18.0 Å². The molecular weight excluding hydrogens is 800 g/mol. The number of carbonyl (C=O) groups is 4. The molecule has 3 aliphatic heterocycles. The molecule has 3 fully saturated rings. The van der Waals surface area contributed by atoms with Crippen LogP contribution in [0, 0.1) is 17.8 Å². The number of hydrogen-bond acceptors (Lipinski definition) is 11. The number of allylic oxidation sites excluding steroid dienone is 1. The van der Waals surface area contributed by atoms with E-state index >= 15 is 0 Å². The Kier molecular flexibility index (Phi) is 11.5. The van der Waals surface area contributed by atoms with Gasteiger partial charge in [0.05, 0.1) is 11.8 Å². The third-order valence-corrected chi connectivity index (χ3v) is 14.0. The van der Waals surface area contributed by atoms with E-state index < -0.39 is 92.8 Å². The average Bonchev–Trinajstić information content (AvgIpc) is 4.11. The van der Waals surface area contributed by atoms with Crippen LogP contribution in [-0.4, -0.2) is 103 Å². The number of nitrogens with zero attached hydrogens (tertiary/aromatic N) is 2. The third-order valence-electron chi connectivity index (χ3n) is 12.2. The maximum absolute atomic E-state index is 14.8. The number of alkyl carbamates (subject to hydrolysis) is 1. The highest BCUT2D eigenvalue weighted by atomic mass is 32.2. The van der Waals surface area contributed by atoms with Crippen molar-refractivity contribution in [1.29, 1.82) is 0 Å². The second-order valence-corrected chi connectivity index (χ2v) is 18.6. The fraction of sp³-hybridized carbons (Fsp3) is 0.625. The molecule has 4 heterocycles. The number of hydrogen-bond donors (Lipinski definition) is 3. The van der Waals surface area contributed by atoms with Gasteiger partial charge in [0.15, 0.2) is 11.5 Å². The molecule has 1 aromatic heterocycles. The molecule has 0 bridgehead atoms. The van der Waals surface area contributed by atoms with Crippen molar-refractivity contribution in [2.24, 2.45) is 17.8 Å². The molecule has 5 aliphatic rings. The molecule has 1 aromatic carbocycles. The maximum atomic E-state index is 14.8. The van der Waals surface area contributed by atoms with Crippen molar-refractivity contribution in [2.45, 2.75) is 120 Å². The van der Waals surface area contributed by atoms with Crippen LogP contribution in [-0.2, 0) is 29.1 Å². The zero-order chi connectivity index (χ0) is 42.5. The predicted octanol–water partition coefficient (Wildman–Crippen LogP) is 4.68. The van der Waals surface area contributed by atoms with Crippen LogP contribution in [0.25, 0.3) is 10.8 Å². The molecule has 2 aliphatic carbocycles. The molecule has 0 spiro atoms. The molecule has 15 nitrogen and oxygen atoms in total. The zero-order valence-electron chi connectivity index (χ0n) is 33.3. The first kappa shape index (κ1) is 42.3. The third kappa shape index (κ3) is 8.62. The first-order valence-corrected chi connectivity index (χ1v) is 21.7. The Hall–Kier alpha value is -4.81. The van der Waals surface area contributed by atoms with E-state index in [4.69, 9.17) is 18.9 Å². The molecule has 19 heteroatoms. The summed E-state index contributed by atoms with van der Waals surface area (Å²) in [4.78, 5) is 62.1. The normalized spacial score (nSPS) is 29.8. The predicted molar refractivity (Wildman–Crippen MR) is 206 cm³/mol. The number of ether oxygens (including phenoxy) is 4. The number of benzene rings is 1. The lowest BCUT2D eigenvalue weighted by molar-refractivity contribution is -0.252. The Morgan fingerprint density at radius 1 is 1.07 bits per heavy atom. The summed E-state index contributed by atoms with van der Waals surface area (Å²) in [5.74, 6) is -2.46. The van der Waals surface area contributed by atoms with Gasteiger partial charge in [0.2, 0.25) is 33.3 Å². The van der Waals surface area contributed by atoms with Crippen LogP contribution in [0.3, 0.4) is 0 Å². The van der Waals surface area contributed by atoms with E-state index in [1.807, 2.05) is 13.0 Å². The average molecular weight is 850 g/mol. The van der Waals surface area contributed by atoms with Crippen molar-refractivity contribution >= 4 is 44.6 Å². The molecule has 322 valence electrons. The molecule has 2 saturated carbocycles. The number of nitrogens with one attached hydrogen (secondary N) is 3. The van der Waals surface area contributed by atoms with Crippen LogP contribution in [0.15, 0.2) is 36.5 Å². The van der Waals surface area contributed by atoms with Gasteiger partial charge in [0.25, 0.3) is 5.91 Å². The molecule has 1 saturated heterocycles. The molecule has 4 amide bonds. The Labute approximate surface area is 340 Å². The summed E-state index contributed by atoms with van der Waals surface area (Å²) in [6.45, 7) is 6.09. The summed E-state index contributed by atoms with van der Waals surface area (Å²) in [6.07, 6.45) is -0.341. The molecule has 0 radical (unpaired) electrons. The topological polar surface area (TPSA) is 192 Å². The van der Waals surface area contributed by atoms with Gasteiger partial charge >= 0.3 is 12.3 Å². The van der Waals surface area contributed by atoms with Gasteiger partial charge in [0.1, 0.15) is 36.9 Å². The second kappa shape index (κ2) is 16.0. The molecule has 8 unspecified atom stereocenters. The van der Waals surface area contributed by atoms with Crippen LogP contribution in [0.1, 0.15) is 79.1 Å². The lowest BCUT2D eigenvalue weighted by atomic mass is 9.88. The Balaban J connectivity index is 1.23. The Bertz CT molecular complexity index is 2130. The first-order valence-electron chi connectivity index (χ1n) is 20.1. The van der Waals surface area contributed by atoms with Gasteiger partial charge in [-0.1, -0.05) is 32.9 Å². The number of aromatic nitrogens is 1. The van der Waals surface area contributed by atoms with Crippen molar-refractivity contribution in [3.05, 3.63) is 36.5 Å². The molecule has 2 aromatic rings. The largest absolute Gasteiger partial charge is 0.486 e. The van der Waals surface area contributed by atoms with Gasteiger partial charge in [-0.15, -0.1) is 0 Å². The summed E-state index contributed by atoms with van der Waals surface area (Å²) in [5, 5.41) is 5.72. The van der Waals surface area contributed by atoms with Gasteiger partial charge in [-0.2, -0.15) is 13.2 Å². The van der Waals surface area contributed by atoms with E-state index in [0.29, 0.717) is 67.6 Å². The molecule has 8 atom stereocenters. The maximum Gasteiger partial charge on any atom is 0.428 e. The van der Waals surface area contributed by atoms with Gasteiger partial charge in [-0.25, -0.2) is 18.2 Å². The van der Waals surface area contributed by atoms with E-state index in [0.717, 1.165) is 6.92 Å². The fourth-order valence-corrected chi connectivity index (χ4v) is 9.54. The van der Waals surface area contributed by atoms with Gasteiger partial charge in [-0.05, 0) is 81.9 Å². The fourth-order valence-electron chi connectivity index (χ4n) is 8.18. The summed E-state index contributed by atoms with van der Waals surface area (Å²) < 4.78 is 93.0. The van der Waals surface area contributed by atoms with Crippen molar-refractivity contribution in [1.82, 2.24) is 25.2 Å². The standard InChI is InChI=1S/C40H50F3N5O10S/c1-5-38(4,40(41,42)43)58-37(52)45-31-23(3)18-22(2)8-6-7-9-24-20-39(24,36(51)47-59(53,54)26-10-11-26)46-33(49)29-19-25(21-48(29)35(31)50)57-34-28-12-13-30-32(56-17-16-55-30)27(28)14-15-44-34/h7,9,12-15,22-26,29,31H,5-6,8,10-11,16-21H2,1-4H3,(H,45,52)(H,46,49)(H,47,51). The Morgan fingerprint density at radius 3 is 2.53 bits per heavy atom. The van der Waals surface area contributed by atoms with Crippen molar-refractivity contribution in [3.63, 3.8) is 0 Å². The highest BCUT2D eigenvalue weighted by Gasteiger charge is 2.62. The zero-order valence-corrected chi connectivity index (χ0v) is 34.1. The Morgan fingerprint density at radius 2 is 1.81 bits per heavy atom.